The maximum atomic E-state index is 11.7. The summed E-state index contributed by atoms with van der Waals surface area (Å²) < 4.78 is 0. The second kappa shape index (κ2) is 10.5. The normalized spacial score (nSPS) is 14.4. The summed E-state index contributed by atoms with van der Waals surface area (Å²) in [7, 11) is 1.79. The quantitative estimate of drug-likeness (QED) is 0.422. The third-order valence-electron chi connectivity index (χ3n) is 5.03. The van der Waals surface area contributed by atoms with E-state index in [2.05, 4.69) is 64.2 Å². The number of benzene rings is 2. The fraction of sp³-hybridized carbons (Fsp3) is 0.391. The number of carbonyl (C=O) groups excluding carboxylic acids is 1. The van der Waals surface area contributed by atoms with Crippen LogP contribution in [0.2, 0.25) is 0 Å². The second-order valence-electron chi connectivity index (χ2n) is 7.18. The molecule has 0 aromatic heterocycles. The molecule has 0 spiro atoms. The van der Waals surface area contributed by atoms with Gasteiger partial charge in [0.1, 0.15) is 0 Å². The van der Waals surface area contributed by atoms with Crippen LogP contribution in [0, 0.1) is 0 Å². The smallest absolute Gasteiger partial charge is 0.222 e. The molecule has 1 fully saturated rings. The Morgan fingerprint density at radius 1 is 1.00 bits per heavy atom. The molecular weight excluding hydrogens is 348 g/mol. The zero-order valence-electron chi connectivity index (χ0n) is 16.7. The molecule has 1 aliphatic rings. The van der Waals surface area contributed by atoms with Gasteiger partial charge in [0.05, 0.1) is 0 Å². The molecule has 2 N–H and O–H groups in total. The van der Waals surface area contributed by atoms with Crippen molar-refractivity contribution in [1.82, 2.24) is 15.5 Å². The minimum absolute atomic E-state index is 0.271. The monoisotopic (exact) mass is 378 g/mol. The number of nitrogens with one attached hydrogen (secondary N) is 2. The Labute approximate surface area is 167 Å². The first-order valence-electron chi connectivity index (χ1n) is 10.1. The van der Waals surface area contributed by atoms with Gasteiger partial charge in [-0.1, -0.05) is 54.6 Å². The number of aryl methyl sites for hydroxylation is 1. The summed E-state index contributed by atoms with van der Waals surface area (Å²) in [6, 6.07) is 19.0. The highest BCUT2D eigenvalue weighted by Gasteiger charge is 2.19. The van der Waals surface area contributed by atoms with Gasteiger partial charge in [-0.2, -0.15) is 0 Å². The average molecular weight is 379 g/mol. The molecule has 1 heterocycles. The van der Waals surface area contributed by atoms with Crippen molar-refractivity contribution in [3.8, 4) is 0 Å². The molecule has 0 aliphatic carbocycles. The van der Waals surface area contributed by atoms with E-state index in [1.807, 2.05) is 11.0 Å². The minimum Gasteiger partial charge on any atom is -0.356 e. The fourth-order valence-corrected chi connectivity index (χ4v) is 3.40. The van der Waals surface area contributed by atoms with E-state index in [4.69, 9.17) is 0 Å². The summed E-state index contributed by atoms with van der Waals surface area (Å²) in [6.07, 6.45) is 3.80. The van der Waals surface area contributed by atoms with Crippen LogP contribution in [0.1, 0.15) is 36.0 Å². The largest absolute Gasteiger partial charge is 0.356 e. The Kier molecular flexibility index (Phi) is 7.47. The van der Waals surface area contributed by atoms with E-state index < -0.39 is 0 Å². The molecule has 0 unspecified atom stereocenters. The molecule has 0 radical (unpaired) electrons. The molecule has 0 saturated carbocycles. The molecule has 28 heavy (non-hydrogen) atoms. The zero-order chi connectivity index (χ0) is 19.6. The van der Waals surface area contributed by atoms with E-state index in [0.717, 1.165) is 51.4 Å². The lowest BCUT2D eigenvalue weighted by molar-refractivity contribution is -0.128. The number of amides is 1. The Balaban J connectivity index is 1.37. The first kappa shape index (κ1) is 19.9. The van der Waals surface area contributed by atoms with E-state index in [1.165, 1.54) is 16.7 Å². The van der Waals surface area contributed by atoms with Crippen LogP contribution in [0.5, 0.6) is 0 Å². The summed E-state index contributed by atoms with van der Waals surface area (Å²) in [5, 5.41) is 6.73. The predicted octanol–water partition coefficient (Wildman–Crippen LogP) is 3.11. The highest BCUT2D eigenvalue weighted by molar-refractivity contribution is 5.79. The van der Waals surface area contributed by atoms with Crippen molar-refractivity contribution in [2.24, 2.45) is 4.99 Å². The van der Waals surface area contributed by atoms with Crippen LogP contribution < -0.4 is 10.6 Å². The highest BCUT2D eigenvalue weighted by Crippen LogP contribution is 2.14. The molecule has 0 atom stereocenters. The second-order valence-corrected chi connectivity index (χ2v) is 7.18. The van der Waals surface area contributed by atoms with Crippen molar-refractivity contribution in [3.05, 3.63) is 71.3 Å². The molecule has 3 rings (SSSR count). The number of likely N-dealkylation sites (tertiary alicyclic amines) is 1. The van der Waals surface area contributed by atoms with Crippen LogP contribution in [0.4, 0.5) is 0 Å². The molecule has 1 aliphatic heterocycles. The number of rotatable bonds is 8. The van der Waals surface area contributed by atoms with Gasteiger partial charge in [0, 0.05) is 39.6 Å². The van der Waals surface area contributed by atoms with Crippen LogP contribution in [0.25, 0.3) is 0 Å². The molecule has 1 amide bonds. The van der Waals surface area contributed by atoms with Crippen molar-refractivity contribution in [2.75, 3.05) is 20.1 Å². The maximum absolute atomic E-state index is 11.7. The third kappa shape index (κ3) is 6.12. The molecule has 1 saturated heterocycles. The Bertz CT molecular complexity index is 771. The van der Waals surface area contributed by atoms with Gasteiger partial charge in [-0.15, -0.1) is 0 Å². The van der Waals surface area contributed by atoms with E-state index in [0.29, 0.717) is 6.42 Å². The van der Waals surface area contributed by atoms with Gasteiger partial charge >= 0.3 is 0 Å². The molecule has 0 bridgehead atoms. The van der Waals surface area contributed by atoms with Gasteiger partial charge in [-0.05, 0) is 36.0 Å². The van der Waals surface area contributed by atoms with Gasteiger partial charge in [0.25, 0.3) is 0 Å². The summed E-state index contributed by atoms with van der Waals surface area (Å²) in [6.45, 7) is 3.21. The van der Waals surface area contributed by atoms with E-state index >= 15 is 0 Å². The fourth-order valence-electron chi connectivity index (χ4n) is 3.40. The number of guanidine groups is 1. The number of nitrogens with zero attached hydrogens (tertiary/aromatic N) is 2. The minimum atomic E-state index is 0.271. The molecule has 5 nitrogen and oxygen atoms in total. The number of hydrogen-bond donors (Lipinski definition) is 2. The summed E-state index contributed by atoms with van der Waals surface area (Å²) in [4.78, 5) is 18.0. The van der Waals surface area contributed by atoms with Crippen molar-refractivity contribution in [3.63, 3.8) is 0 Å². The first-order valence-corrected chi connectivity index (χ1v) is 10.1. The Hall–Kier alpha value is -2.82. The standard InChI is InChI=1S/C23H30N4O/c1-24-23(25-15-5-9-19-7-3-2-4-8-19)26-17-20-11-13-21(14-12-20)18-27-16-6-10-22(27)28/h2-4,7-8,11-14H,5-6,9-10,15-18H2,1H3,(H2,24,25,26). The van der Waals surface area contributed by atoms with Crippen molar-refractivity contribution < 1.29 is 4.79 Å². The van der Waals surface area contributed by atoms with Crippen LogP contribution in [-0.4, -0.2) is 36.9 Å². The SMILES string of the molecule is CN=C(NCCCc1ccccc1)NCc1ccc(CN2CCCC2=O)cc1. The summed E-state index contributed by atoms with van der Waals surface area (Å²) in [5.41, 5.74) is 3.74. The number of aliphatic imine (C=N–C) groups is 1. The van der Waals surface area contributed by atoms with Gasteiger partial charge in [0.15, 0.2) is 5.96 Å². The summed E-state index contributed by atoms with van der Waals surface area (Å²) >= 11 is 0. The van der Waals surface area contributed by atoms with E-state index in [9.17, 15) is 4.79 Å². The third-order valence-corrected chi connectivity index (χ3v) is 5.03. The van der Waals surface area contributed by atoms with Gasteiger partial charge in [0.2, 0.25) is 5.91 Å². The molecule has 2 aromatic rings. The molecule has 5 heteroatoms. The van der Waals surface area contributed by atoms with Gasteiger partial charge in [-0.3, -0.25) is 9.79 Å². The van der Waals surface area contributed by atoms with Gasteiger partial charge in [-0.25, -0.2) is 0 Å². The maximum Gasteiger partial charge on any atom is 0.222 e. The topological polar surface area (TPSA) is 56.7 Å². The van der Waals surface area contributed by atoms with Crippen LogP contribution in [0.3, 0.4) is 0 Å². The van der Waals surface area contributed by atoms with E-state index in [1.54, 1.807) is 7.05 Å². The Morgan fingerprint density at radius 2 is 1.75 bits per heavy atom. The summed E-state index contributed by atoms with van der Waals surface area (Å²) in [5.74, 6) is 1.09. The lowest BCUT2D eigenvalue weighted by Crippen LogP contribution is -2.37. The number of carbonyl (C=O) groups is 1. The molecule has 2 aromatic carbocycles. The number of hydrogen-bond acceptors (Lipinski definition) is 2. The lowest BCUT2D eigenvalue weighted by atomic mass is 10.1. The zero-order valence-corrected chi connectivity index (χ0v) is 16.7. The lowest BCUT2D eigenvalue weighted by Gasteiger charge is -2.16. The van der Waals surface area contributed by atoms with Crippen molar-refractivity contribution in [2.45, 2.75) is 38.8 Å². The van der Waals surface area contributed by atoms with E-state index in [-0.39, 0.29) is 5.91 Å². The highest BCUT2D eigenvalue weighted by atomic mass is 16.2. The van der Waals surface area contributed by atoms with Crippen molar-refractivity contribution in [1.29, 1.82) is 0 Å². The van der Waals surface area contributed by atoms with Crippen molar-refractivity contribution >= 4 is 11.9 Å². The molecule has 148 valence electrons. The van der Waals surface area contributed by atoms with Crippen LogP contribution in [-0.2, 0) is 24.3 Å². The average Bonchev–Trinajstić information content (AvgIpc) is 3.14. The molecular formula is C23H30N4O. The van der Waals surface area contributed by atoms with Gasteiger partial charge < -0.3 is 15.5 Å². The Morgan fingerprint density at radius 3 is 2.43 bits per heavy atom. The predicted molar refractivity (Wildman–Crippen MR) is 114 cm³/mol. The van der Waals surface area contributed by atoms with Crippen LogP contribution >= 0.6 is 0 Å². The first-order chi connectivity index (χ1) is 13.7. The van der Waals surface area contributed by atoms with Crippen LogP contribution in [0.15, 0.2) is 59.6 Å².